The Morgan fingerprint density at radius 2 is 1.83 bits per heavy atom. The van der Waals surface area contributed by atoms with Crippen LogP contribution in [0.15, 0.2) is 54.6 Å². The topological polar surface area (TPSA) is 64.7 Å². The zero-order valence-electron chi connectivity index (χ0n) is 17.4. The molecule has 1 aliphatic heterocycles. The number of carbonyl (C=O) groups excluding carboxylic acids is 2. The quantitative estimate of drug-likeness (QED) is 0.778. The summed E-state index contributed by atoms with van der Waals surface area (Å²) in [5.74, 6) is 0.142. The second kappa shape index (κ2) is 9.56. The van der Waals surface area contributed by atoms with Crippen LogP contribution >= 0.6 is 0 Å². The molecule has 0 radical (unpaired) electrons. The zero-order valence-corrected chi connectivity index (χ0v) is 17.4. The predicted octanol–water partition coefficient (Wildman–Crippen LogP) is 4.02. The number of anilines is 2. The molecule has 1 saturated heterocycles. The maximum Gasteiger partial charge on any atom is 0.319 e. The van der Waals surface area contributed by atoms with Crippen LogP contribution < -0.4 is 15.5 Å². The second-order valence-electron chi connectivity index (χ2n) is 7.76. The summed E-state index contributed by atoms with van der Waals surface area (Å²) in [5, 5.41) is 5.95. The lowest BCUT2D eigenvalue weighted by atomic mass is 9.99. The van der Waals surface area contributed by atoms with E-state index in [9.17, 15) is 9.59 Å². The fourth-order valence-electron chi connectivity index (χ4n) is 3.97. The van der Waals surface area contributed by atoms with Crippen LogP contribution in [-0.2, 0) is 4.79 Å². The Hall–Kier alpha value is -2.86. The molecule has 2 N–H and O–H groups in total. The molecule has 3 rings (SSSR count). The van der Waals surface area contributed by atoms with E-state index in [1.807, 2.05) is 63.5 Å². The van der Waals surface area contributed by atoms with E-state index in [1.54, 1.807) is 4.90 Å². The molecule has 2 aromatic carbocycles. The van der Waals surface area contributed by atoms with Crippen LogP contribution in [0.1, 0.15) is 37.8 Å². The number of rotatable bonds is 6. The van der Waals surface area contributed by atoms with Crippen molar-refractivity contribution in [2.24, 2.45) is 0 Å². The normalized spacial score (nSPS) is 16.4. The Morgan fingerprint density at radius 1 is 1.07 bits per heavy atom. The fraction of sp³-hybridized carbons (Fsp3) is 0.391. The third kappa shape index (κ3) is 5.35. The third-order valence-electron chi connectivity index (χ3n) is 5.27. The number of hydrogen-bond donors (Lipinski definition) is 2. The van der Waals surface area contributed by atoms with Crippen molar-refractivity contribution in [2.45, 2.75) is 38.3 Å². The molecule has 3 amide bonds. The van der Waals surface area contributed by atoms with Crippen molar-refractivity contribution in [2.75, 3.05) is 30.9 Å². The molecule has 0 aromatic heterocycles. The van der Waals surface area contributed by atoms with E-state index in [2.05, 4.69) is 27.7 Å². The van der Waals surface area contributed by atoms with Crippen LogP contribution in [0.25, 0.3) is 0 Å². The van der Waals surface area contributed by atoms with Gasteiger partial charge in [0, 0.05) is 30.4 Å². The lowest BCUT2D eigenvalue weighted by Crippen LogP contribution is -2.44. The SMILES string of the molecule is CC(NC(=O)Nc1cccc(N2CCCCC2=O)c1)C(c1ccccc1)N(C)C. The number of likely N-dealkylation sites (N-methyl/N-ethyl adjacent to an activating group) is 1. The van der Waals surface area contributed by atoms with E-state index < -0.39 is 0 Å². The third-order valence-corrected chi connectivity index (χ3v) is 5.27. The second-order valence-corrected chi connectivity index (χ2v) is 7.76. The Balaban J connectivity index is 1.65. The van der Waals surface area contributed by atoms with Crippen LogP contribution in [0, 0.1) is 0 Å². The summed E-state index contributed by atoms with van der Waals surface area (Å²) in [5.41, 5.74) is 2.65. The summed E-state index contributed by atoms with van der Waals surface area (Å²) in [7, 11) is 4.01. The number of benzene rings is 2. The van der Waals surface area contributed by atoms with Gasteiger partial charge in [-0.2, -0.15) is 0 Å². The predicted molar refractivity (Wildman–Crippen MR) is 117 cm³/mol. The van der Waals surface area contributed by atoms with Crippen molar-refractivity contribution in [3.8, 4) is 0 Å². The van der Waals surface area contributed by atoms with E-state index in [0.717, 1.165) is 30.6 Å². The van der Waals surface area contributed by atoms with Crippen LogP contribution in [0.2, 0.25) is 0 Å². The highest BCUT2D eigenvalue weighted by Crippen LogP contribution is 2.25. The highest BCUT2D eigenvalue weighted by molar-refractivity contribution is 5.95. The van der Waals surface area contributed by atoms with E-state index in [4.69, 9.17) is 0 Å². The maximum atomic E-state index is 12.6. The summed E-state index contributed by atoms with van der Waals surface area (Å²) >= 11 is 0. The fourth-order valence-corrected chi connectivity index (χ4v) is 3.97. The summed E-state index contributed by atoms with van der Waals surface area (Å²) in [6.45, 7) is 2.73. The van der Waals surface area contributed by atoms with Crippen molar-refractivity contribution in [3.05, 3.63) is 60.2 Å². The molecule has 6 heteroatoms. The Bertz CT molecular complexity index is 838. The molecule has 1 aliphatic rings. The highest BCUT2D eigenvalue weighted by atomic mass is 16.2. The van der Waals surface area contributed by atoms with Gasteiger partial charge in [0.1, 0.15) is 0 Å². The van der Waals surface area contributed by atoms with Gasteiger partial charge in [-0.15, -0.1) is 0 Å². The van der Waals surface area contributed by atoms with E-state index in [0.29, 0.717) is 12.1 Å². The first-order valence-corrected chi connectivity index (χ1v) is 10.1. The minimum absolute atomic E-state index is 0.0549. The molecule has 1 fully saturated rings. The van der Waals surface area contributed by atoms with Gasteiger partial charge >= 0.3 is 6.03 Å². The minimum Gasteiger partial charge on any atom is -0.333 e. The standard InChI is InChI=1S/C23H30N4O2/c1-17(22(26(2)3)18-10-5-4-6-11-18)24-23(29)25-19-12-9-13-20(16-19)27-15-8-7-14-21(27)28/h4-6,9-13,16-17,22H,7-8,14-15H2,1-3H3,(H2,24,25,29). The number of amides is 3. The number of hydrogen-bond acceptors (Lipinski definition) is 3. The van der Waals surface area contributed by atoms with Crippen LogP contribution in [-0.4, -0.2) is 43.5 Å². The molecule has 0 spiro atoms. The maximum absolute atomic E-state index is 12.6. The molecule has 0 aliphatic carbocycles. The molecular formula is C23H30N4O2. The number of nitrogens with one attached hydrogen (secondary N) is 2. The van der Waals surface area contributed by atoms with Crippen molar-refractivity contribution < 1.29 is 9.59 Å². The van der Waals surface area contributed by atoms with Gasteiger partial charge in [-0.25, -0.2) is 4.79 Å². The zero-order chi connectivity index (χ0) is 20.8. The molecule has 2 atom stereocenters. The van der Waals surface area contributed by atoms with Crippen LogP contribution in [0.5, 0.6) is 0 Å². The molecule has 154 valence electrons. The molecule has 2 aromatic rings. The average Bonchev–Trinajstić information content (AvgIpc) is 2.69. The first kappa shape index (κ1) is 20.9. The lowest BCUT2D eigenvalue weighted by molar-refractivity contribution is -0.119. The summed E-state index contributed by atoms with van der Waals surface area (Å²) < 4.78 is 0. The molecule has 2 unspecified atom stereocenters. The Labute approximate surface area is 172 Å². The first-order chi connectivity index (χ1) is 14.0. The molecular weight excluding hydrogens is 364 g/mol. The number of piperidine rings is 1. The van der Waals surface area contributed by atoms with Crippen LogP contribution in [0.3, 0.4) is 0 Å². The highest BCUT2D eigenvalue weighted by Gasteiger charge is 2.23. The van der Waals surface area contributed by atoms with Gasteiger partial charge in [0.05, 0.1) is 6.04 Å². The molecule has 6 nitrogen and oxygen atoms in total. The smallest absolute Gasteiger partial charge is 0.319 e. The largest absolute Gasteiger partial charge is 0.333 e. The van der Waals surface area contributed by atoms with E-state index in [-0.39, 0.29) is 24.0 Å². The van der Waals surface area contributed by atoms with Crippen molar-refractivity contribution in [1.82, 2.24) is 10.2 Å². The Morgan fingerprint density at radius 3 is 2.52 bits per heavy atom. The molecule has 1 heterocycles. The van der Waals surface area contributed by atoms with Crippen molar-refractivity contribution in [1.29, 1.82) is 0 Å². The van der Waals surface area contributed by atoms with Gasteiger partial charge in [-0.1, -0.05) is 36.4 Å². The Kier molecular flexibility index (Phi) is 6.88. The van der Waals surface area contributed by atoms with Gasteiger partial charge in [-0.3, -0.25) is 4.79 Å². The number of nitrogens with zero attached hydrogens (tertiary/aromatic N) is 2. The van der Waals surface area contributed by atoms with Gasteiger partial charge in [0.25, 0.3) is 0 Å². The summed E-state index contributed by atoms with van der Waals surface area (Å²) in [6.07, 6.45) is 2.54. The van der Waals surface area contributed by atoms with Crippen molar-refractivity contribution in [3.63, 3.8) is 0 Å². The van der Waals surface area contributed by atoms with Crippen LogP contribution in [0.4, 0.5) is 16.2 Å². The summed E-state index contributed by atoms with van der Waals surface area (Å²) in [6, 6.07) is 17.3. The van der Waals surface area contributed by atoms with Gasteiger partial charge < -0.3 is 20.4 Å². The minimum atomic E-state index is -0.262. The van der Waals surface area contributed by atoms with E-state index >= 15 is 0 Å². The van der Waals surface area contributed by atoms with E-state index in [1.165, 1.54) is 0 Å². The van der Waals surface area contributed by atoms with Gasteiger partial charge in [-0.05, 0) is 57.6 Å². The molecule has 0 bridgehead atoms. The number of urea groups is 1. The van der Waals surface area contributed by atoms with Crippen molar-refractivity contribution >= 4 is 23.3 Å². The summed E-state index contributed by atoms with van der Waals surface area (Å²) in [4.78, 5) is 28.7. The average molecular weight is 395 g/mol. The van der Waals surface area contributed by atoms with Gasteiger partial charge in [0.2, 0.25) is 5.91 Å². The first-order valence-electron chi connectivity index (χ1n) is 10.1. The monoisotopic (exact) mass is 394 g/mol. The molecule has 0 saturated carbocycles. The lowest BCUT2D eigenvalue weighted by Gasteiger charge is -2.31. The number of carbonyl (C=O) groups is 2. The van der Waals surface area contributed by atoms with Gasteiger partial charge in [0.15, 0.2) is 0 Å². The molecule has 29 heavy (non-hydrogen) atoms.